The zero-order valence-electron chi connectivity index (χ0n) is 18.7. The van der Waals surface area contributed by atoms with Crippen LogP contribution in [0.15, 0.2) is 60.7 Å². The Morgan fingerprint density at radius 1 is 0.857 bits per heavy atom. The molecule has 2 aromatic rings. The average Bonchev–Trinajstić information content (AvgIpc) is 2.68. The fraction of sp³-hybridized carbons (Fsp3) is 0.538. The molecular weight excluding hydrogens is 356 g/mol. The van der Waals surface area contributed by atoms with Crippen LogP contribution >= 0.6 is 0 Å². The molecule has 1 aliphatic carbocycles. The van der Waals surface area contributed by atoms with Crippen LogP contribution in [0.4, 0.5) is 0 Å². The van der Waals surface area contributed by atoms with E-state index in [0.717, 1.165) is 5.92 Å². The van der Waals surface area contributed by atoms with E-state index < -0.39 is 8.32 Å². The largest absolute Gasteiger partial charge is 0.404 e. The lowest BCUT2D eigenvalue weighted by atomic mass is 9.68. The maximum atomic E-state index is 7.33. The molecule has 0 unspecified atom stereocenters. The molecule has 0 radical (unpaired) electrons. The van der Waals surface area contributed by atoms with Gasteiger partial charge in [-0.05, 0) is 52.4 Å². The highest BCUT2D eigenvalue weighted by Gasteiger charge is 2.52. The van der Waals surface area contributed by atoms with Crippen LogP contribution in [0.5, 0.6) is 0 Å². The molecule has 0 aliphatic heterocycles. The lowest BCUT2D eigenvalue weighted by Crippen LogP contribution is -2.68. The van der Waals surface area contributed by atoms with Gasteiger partial charge in [0.15, 0.2) is 0 Å². The van der Waals surface area contributed by atoms with Crippen molar-refractivity contribution in [3.63, 3.8) is 0 Å². The highest BCUT2D eigenvalue weighted by molar-refractivity contribution is 6.99. The van der Waals surface area contributed by atoms with Crippen LogP contribution in [-0.4, -0.2) is 14.4 Å². The molecule has 0 aromatic heterocycles. The van der Waals surface area contributed by atoms with Gasteiger partial charge in [-0.3, -0.25) is 0 Å². The maximum absolute atomic E-state index is 7.33. The summed E-state index contributed by atoms with van der Waals surface area (Å²) in [5, 5.41) is 2.85. The Morgan fingerprint density at radius 2 is 1.29 bits per heavy atom. The van der Waals surface area contributed by atoms with Gasteiger partial charge >= 0.3 is 0 Å². The van der Waals surface area contributed by atoms with Crippen molar-refractivity contribution in [2.45, 2.75) is 78.4 Å². The van der Waals surface area contributed by atoms with Crippen molar-refractivity contribution < 1.29 is 4.43 Å². The van der Waals surface area contributed by atoms with Gasteiger partial charge in [-0.15, -0.1) is 0 Å². The minimum absolute atomic E-state index is 0.0640. The molecule has 28 heavy (non-hydrogen) atoms. The van der Waals surface area contributed by atoms with Gasteiger partial charge in [0.1, 0.15) is 0 Å². The first kappa shape index (κ1) is 21.3. The summed E-state index contributed by atoms with van der Waals surface area (Å²) in [4.78, 5) is 0. The van der Waals surface area contributed by atoms with Crippen LogP contribution in [0, 0.1) is 11.3 Å². The van der Waals surface area contributed by atoms with Gasteiger partial charge in [0.25, 0.3) is 8.32 Å². The second-order valence-corrected chi connectivity index (χ2v) is 14.5. The van der Waals surface area contributed by atoms with E-state index in [1.54, 1.807) is 0 Å². The summed E-state index contributed by atoms with van der Waals surface area (Å²) in [5.41, 5.74) is 0.464. The Hall–Kier alpha value is -1.38. The molecule has 3 rings (SSSR count). The zero-order valence-corrected chi connectivity index (χ0v) is 19.7. The molecule has 0 amide bonds. The Bertz CT molecular complexity index is 698. The second kappa shape index (κ2) is 8.16. The summed E-state index contributed by atoms with van der Waals surface area (Å²) in [6.45, 7) is 14.4. The number of hydrogen-bond donors (Lipinski definition) is 0. The second-order valence-electron chi connectivity index (χ2n) is 10.3. The molecule has 152 valence electrons. The quantitative estimate of drug-likeness (QED) is 0.551. The molecular formula is C26H38OSi. The number of hydrogen-bond acceptors (Lipinski definition) is 1. The van der Waals surface area contributed by atoms with Crippen LogP contribution in [0.1, 0.15) is 67.2 Å². The van der Waals surface area contributed by atoms with Gasteiger partial charge in [0.05, 0.1) is 0 Å². The minimum Gasteiger partial charge on any atom is -0.404 e. The van der Waals surface area contributed by atoms with Crippen molar-refractivity contribution in [2.24, 2.45) is 11.3 Å². The van der Waals surface area contributed by atoms with Crippen molar-refractivity contribution in [3.05, 3.63) is 60.7 Å². The lowest BCUT2D eigenvalue weighted by Gasteiger charge is -2.48. The molecule has 0 spiro atoms. The van der Waals surface area contributed by atoms with Crippen LogP contribution in [0.2, 0.25) is 5.04 Å². The third-order valence-electron chi connectivity index (χ3n) is 7.23. The van der Waals surface area contributed by atoms with Crippen LogP contribution in [0.25, 0.3) is 0 Å². The molecule has 1 fully saturated rings. The van der Waals surface area contributed by atoms with Crippen molar-refractivity contribution in [3.8, 4) is 0 Å². The monoisotopic (exact) mass is 394 g/mol. The number of benzene rings is 2. The van der Waals surface area contributed by atoms with Gasteiger partial charge in [-0.2, -0.15) is 0 Å². The van der Waals surface area contributed by atoms with E-state index in [1.807, 2.05) is 0 Å². The topological polar surface area (TPSA) is 9.23 Å². The SMILES string of the molecule is CC(C)C1(C)CCC(O[Si](c2ccccc2)(c2ccccc2)C(C)(C)C)CC1. The summed E-state index contributed by atoms with van der Waals surface area (Å²) < 4.78 is 7.33. The summed E-state index contributed by atoms with van der Waals surface area (Å²) in [7, 11) is -2.41. The van der Waals surface area contributed by atoms with Gasteiger partial charge < -0.3 is 4.43 Å². The van der Waals surface area contributed by atoms with Crippen molar-refractivity contribution >= 4 is 18.7 Å². The molecule has 0 heterocycles. The Kier molecular flexibility index (Phi) is 6.22. The van der Waals surface area contributed by atoms with E-state index in [4.69, 9.17) is 4.43 Å². The molecule has 1 saturated carbocycles. The van der Waals surface area contributed by atoms with Crippen LogP contribution in [-0.2, 0) is 4.43 Å². The predicted octanol–water partition coefficient (Wildman–Crippen LogP) is 6.17. The third kappa shape index (κ3) is 4.00. The average molecular weight is 395 g/mol. The standard InChI is InChI=1S/C26H38OSi/c1-21(2)26(6)19-17-22(18-20-26)27-28(25(3,4)5,23-13-9-7-10-14-23)24-15-11-8-12-16-24/h7-16,21-22H,17-20H2,1-6H3. The molecule has 1 aliphatic rings. The zero-order chi connectivity index (χ0) is 20.4. The van der Waals surface area contributed by atoms with Crippen LogP contribution < -0.4 is 10.4 Å². The Balaban J connectivity index is 2.01. The van der Waals surface area contributed by atoms with E-state index in [2.05, 4.69) is 102 Å². The first-order valence-electron chi connectivity index (χ1n) is 11.0. The molecule has 0 N–H and O–H groups in total. The smallest absolute Gasteiger partial charge is 0.261 e. The lowest BCUT2D eigenvalue weighted by molar-refractivity contribution is 0.0550. The normalized spacial score (nSPS) is 23.8. The van der Waals surface area contributed by atoms with Crippen molar-refractivity contribution in [1.82, 2.24) is 0 Å². The molecule has 0 bridgehead atoms. The molecule has 2 aromatic carbocycles. The first-order valence-corrected chi connectivity index (χ1v) is 12.9. The van der Waals surface area contributed by atoms with Gasteiger partial charge in [0.2, 0.25) is 0 Å². The third-order valence-corrected chi connectivity index (χ3v) is 12.3. The highest BCUT2D eigenvalue weighted by Crippen LogP contribution is 2.45. The fourth-order valence-corrected chi connectivity index (χ4v) is 9.64. The molecule has 0 atom stereocenters. The summed E-state index contributed by atoms with van der Waals surface area (Å²) in [5.74, 6) is 0.737. The summed E-state index contributed by atoms with van der Waals surface area (Å²) >= 11 is 0. The maximum Gasteiger partial charge on any atom is 0.261 e. The number of rotatable bonds is 5. The molecule has 1 nitrogen and oxygen atoms in total. The summed E-state index contributed by atoms with van der Waals surface area (Å²) in [6.07, 6.45) is 5.26. The molecule has 2 heteroatoms. The molecule has 0 saturated heterocycles. The van der Waals surface area contributed by atoms with Gasteiger partial charge in [-0.25, -0.2) is 0 Å². The Morgan fingerprint density at radius 3 is 1.64 bits per heavy atom. The minimum atomic E-state index is -2.41. The highest BCUT2D eigenvalue weighted by atomic mass is 28.4. The van der Waals surface area contributed by atoms with Crippen molar-refractivity contribution in [1.29, 1.82) is 0 Å². The van der Waals surface area contributed by atoms with Gasteiger partial charge in [-0.1, -0.05) is 102 Å². The summed E-state index contributed by atoms with van der Waals surface area (Å²) in [6, 6.07) is 22.1. The van der Waals surface area contributed by atoms with E-state index >= 15 is 0 Å². The van der Waals surface area contributed by atoms with Crippen LogP contribution in [0.3, 0.4) is 0 Å². The fourth-order valence-electron chi connectivity index (χ4n) is 4.89. The van der Waals surface area contributed by atoms with E-state index in [0.29, 0.717) is 11.5 Å². The Labute approximate surface area is 173 Å². The van der Waals surface area contributed by atoms with Gasteiger partial charge in [0, 0.05) is 6.10 Å². The van der Waals surface area contributed by atoms with E-state index in [1.165, 1.54) is 36.1 Å². The van der Waals surface area contributed by atoms with E-state index in [-0.39, 0.29) is 5.04 Å². The van der Waals surface area contributed by atoms with E-state index in [9.17, 15) is 0 Å². The predicted molar refractivity (Wildman–Crippen MR) is 124 cm³/mol. The van der Waals surface area contributed by atoms with Crippen molar-refractivity contribution in [2.75, 3.05) is 0 Å². The first-order chi connectivity index (χ1) is 13.2.